The van der Waals surface area contributed by atoms with E-state index in [1.54, 1.807) is 12.3 Å². The van der Waals surface area contributed by atoms with Gasteiger partial charge in [-0.25, -0.2) is 14.2 Å². The third-order valence-corrected chi connectivity index (χ3v) is 3.65. The summed E-state index contributed by atoms with van der Waals surface area (Å²) in [6, 6.07) is 5.78. The van der Waals surface area contributed by atoms with Gasteiger partial charge in [0.1, 0.15) is 12.7 Å². The Hall–Kier alpha value is -2.72. The van der Waals surface area contributed by atoms with Crippen LogP contribution in [0.4, 0.5) is 10.1 Å². The average molecular weight is 328 g/mol. The van der Waals surface area contributed by atoms with E-state index in [0.29, 0.717) is 11.7 Å². The summed E-state index contributed by atoms with van der Waals surface area (Å²) < 4.78 is 25.0. The second kappa shape index (κ2) is 7.70. The minimum atomic E-state index is -0.578. The van der Waals surface area contributed by atoms with Gasteiger partial charge in [-0.1, -0.05) is 6.07 Å². The van der Waals surface area contributed by atoms with Gasteiger partial charge in [0.25, 0.3) is 0 Å². The van der Waals surface area contributed by atoms with E-state index in [9.17, 15) is 4.39 Å². The predicted octanol–water partition coefficient (Wildman–Crippen LogP) is 2.88. The van der Waals surface area contributed by atoms with Crippen LogP contribution in [-0.2, 0) is 6.61 Å². The van der Waals surface area contributed by atoms with Crippen LogP contribution in [-0.4, -0.2) is 29.2 Å². The lowest BCUT2D eigenvalue weighted by Crippen LogP contribution is -2.34. The van der Waals surface area contributed by atoms with Crippen molar-refractivity contribution in [3.8, 4) is 11.6 Å². The number of rotatable bonds is 5. The van der Waals surface area contributed by atoms with Gasteiger partial charge in [-0.3, -0.25) is 0 Å². The van der Waals surface area contributed by atoms with Crippen molar-refractivity contribution in [1.82, 2.24) is 15.3 Å². The highest BCUT2D eigenvalue weighted by Crippen LogP contribution is 2.23. The summed E-state index contributed by atoms with van der Waals surface area (Å²) in [6.07, 6.45) is 3.62. The molecule has 0 bridgehead atoms. The van der Waals surface area contributed by atoms with Crippen LogP contribution in [0, 0.1) is 12.4 Å². The Bertz CT molecular complexity index is 742. The number of ether oxygens (including phenoxy) is 2. The third kappa shape index (κ3) is 4.18. The lowest BCUT2D eigenvalue weighted by molar-refractivity contribution is 0.154. The van der Waals surface area contributed by atoms with E-state index in [4.69, 9.17) is 16.0 Å². The number of benzene rings is 1. The van der Waals surface area contributed by atoms with E-state index in [-0.39, 0.29) is 24.1 Å². The maximum Gasteiger partial charge on any atom is 0.216 e. The Morgan fingerprint density at radius 1 is 1.29 bits per heavy atom. The van der Waals surface area contributed by atoms with Crippen LogP contribution < -0.4 is 14.8 Å². The van der Waals surface area contributed by atoms with Crippen molar-refractivity contribution in [2.75, 3.05) is 13.1 Å². The number of piperidine rings is 1. The molecule has 0 aliphatic carbocycles. The van der Waals surface area contributed by atoms with Gasteiger partial charge in [-0.15, -0.1) is 0 Å². The zero-order chi connectivity index (χ0) is 16.8. The molecule has 3 rings (SSSR count). The topological polar surface area (TPSA) is 60.6 Å². The molecule has 0 amide bonds. The number of hydrogen-bond donors (Lipinski definition) is 1. The Morgan fingerprint density at radius 3 is 2.88 bits per heavy atom. The summed E-state index contributed by atoms with van der Waals surface area (Å²) in [5.74, 6) is 0.399. The van der Waals surface area contributed by atoms with Crippen LogP contribution in [0.25, 0.3) is 4.85 Å². The lowest BCUT2D eigenvalue weighted by atomic mass is 10.1. The Balaban J connectivity index is 1.61. The third-order valence-electron chi connectivity index (χ3n) is 3.65. The van der Waals surface area contributed by atoms with Gasteiger partial charge in [0.15, 0.2) is 23.1 Å². The normalized spacial score (nSPS) is 14.8. The minimum absolute atomic E-state index is 0.0255. The zero-order valence-electron chi connectivity index (χ0n) is 13.0. The first-order chi connectivity index (χ1) is 11.7. The fourth-order valence-electron chi connectivity index (χ4n) is 2.42. The monoisotopic (exact) mass is 328 g/mol. The van der Waals surface area contributed by atoms with Gasteiger partial charge < -0.3 is 14.8 Å². The van der Waals surface area contributed by atoms with Crippen molar-refractivity contribution in [1.29, 1.82) is 0 Å². The summed E-state index contributed by atoms with van der Waals surface area (Å²) in [4.78, 5) is 11.6. The number of hydrogen-bond acceptors (Lipinski definition) is 5. The molecule has 2 heterocycles. The number of halogens is 1. The smallest absolute Gasteiger partial charge is 0.216 e. The van der Waals surface area contributed by atoms with Gasteiger partial charge in [0.05, 0.1) is 6.57 Å². The molecule has 124 valence electrons. The fraction of sp³-hybridized carbons (Fsp3) is 0.353. The summed E-state index contributed by atoms with van der Waals surface area (Å²) in [7, 11) is 0. The first-order valence-corrected chi connectivity index (χ1v) is 7.74. The van der Waals surface area contributed by atoms with Gasteiger partial charge in [-0.2, -0.15) is 4.98 Å². The van der Waals surface area contributed by atoms with Crippen LogP contribution in [0.2, 0.25) is 0 Å². The summed E-state index contributed by atoms with van der Waals surface area (Å²) in [5, 5.41) is 3.28. The van der Waals surface area contributed by atoms with Gasteiger partial charge in [0, 0.05) is 12.3 Å². The van der Waals surface area contributed by atoms with E-state index < -0.39 is 5.82 Å². The molecule has 1 aromatic heterocycles. The molecule has 7 heteroatoms. The molecule has 1 aliphatic heterocycles. The fourth-order valence-corrected chi connectivity index (χ4v) is 2.42. The molecule has 0 unspecified atom stereocenters. The van der Waals surface area contributed by atoms with Crippen molar-refractivity contribution in [3.05, 3.63) is 53.5 Å². The lowest BCUT2D eigenvalue weighted by Gasteiger charge is -2.23. The van der Waals surface area contributed by atoms with Crippen LogP contribution >= 0.6 is 0 Å². The maximum atomic E-state index is 13.8. The largest absolute Gasteiger partial charge is 0.483 e. The minimum Gasteiger partial charge on any atom is -0.483 e. The van der Waals surface area contributed by atoms with Crippen LogP contribution in [0.1, 0.15) is 18.7 Å². The van der Waals surface area contributed by atoms with Crippen molar-refractivity contribution in [2.45, 2.75) is 25.6 Å². The van der Waals surface area contributed by atoms with Crippen molar-refractivity contribution in [3.63, 3.8) is 0 Å². The molecule has 1 aromatic carbocycles. The highest BCUT2D eigenvalue weighted by molar-refractivity contribution is 5.47. The Kier molecular flexibility index (Phi) is 5.18. The molecule has 1 fully saturated rings. The molecule has 1 N–H and O–H groups in total. The van der Waals surface area contributed by atoms with Crippen molar-refractivity contribution < 1.29 is 13.9 Å². The van der Waals surface area contributed by atoms with Crippen LogP contribution in [0.3, 0.4) is 0 Å². The first-order valence-electron chi connectivity index (χ1n) is 7.74. The number of nitrogens with zero attached hydrogens (tertiary/aromatic N) is 3. The quantitative estimate of drug-likeness (QED) is 0.855. The molecule has 2 aromatic rings. The molecular weight excluding hydrogens is 311 g/mol. The second-order valence-corrected chi connectivity index (χ2v) is 5.39. The predicted molar refractivity (Wildman–Crippen MR) is 85.5 cm³/mol. The van der Waals surface area contributed by atoms with Crippen molar-refractivity contribution in [2.24, 2.45) is 0 Å². The standard InChI is InChI=1S/C17H17FN4O2/c1-19-12-2-3-15(14(18)10-12)23-11-16-21-9-6-17(22-16)24-13-4-7-20-8-5-13/h2-3,6,9-10,13,20H,4-5,7-8,11H2. The summed E-state index contributed by atoms with van der Waals surface area (Å²) >= 11 is 0. The van der Waals surface area contributed by atoms with Crippen LogP contribution in [0.5, 0.6) is 11.6 Å². The first kappa shape index (κ1) is 16.1. The van der Waals surface area contributed by atoms with E-state index in [1.165, 1.54) is 12.1 Å². The van der Waals surface area contributed by atoms with E-state index in [1.807, 2.05) is 0 Å². The molecule has 0 spiro atoms. The van der Waals surface area contributed by atoms with Gasteiger partial charge in [0.2, 0.25) is 5.88 Å². The van der Waals surface area contributed by atoms with Gasteiger partial charge in [-0.05, 0) is 38.1 Å². The summed E-state index contributed by atoms with van der Waals surface area (Å²) in [6.45, 7) is 8.75. The number of nitrogens with one attached hydrogen (secondary N) is 1. The van der Waals surface area contributed by atoms with E-state index >= 15 is 0 Å². The Labute approximate surface area is 139 Å². The zero-order valence-corrected chi connectivity index (χ0v) is 13.0. The van der Waals surface area contributed by atoms with Crippen molar-refractivity contribution >= 4 is 5.69 Å². The molecule has 6 nitrogen and oxygen atoms in total. The molecule has 0 saturated carbocycles. The molecule has 1 saturated heterocycles. The van der Waals surface area contributed by atoms with E-state index in [2.05, 4.69) is 20.1 Å². The molecule has 0 radical (unpaired) electrons. The summed E-state index contributed by atoms with van der Waals surface area (Å²) in [5.41, 5.74) is 0.230. The molecule has 24 heavy (non-hydrogen) atoms. The molecule has 1 aliphatic rings. The highest BCUT2D eigenvalue weighted by atomic mass is 19.1. The van der Waals surface area contributed by atoms with Gasteiger partial charge >= 0.3 is 0 Å². The number of aromatic nitrogens is 2. The molecule has 0 atom stereocenters. The van der Waals surface area contributed by atoms with E-state index in [0.717, 1.165) is 32.0 Å². The highest BCUT2D eigenvalue weighted by Gasteiger charge is 2.15. The maximum absolute atomic E-state index is 13.8. The second-order valence-electron chi connectivity index (χ2n) is 5.39. The molecular formula is C17H17FN4O2. The SMILES string of the molecule is [C-]#[N+]c1ccc(OCc2nccc(OC3CCNCC3)n2)c(F)c1. The Morgan fingerprint density at radius 2 is 2.12 bits per heavy atom. The average Bonchev–Trinajstić information content (AvgIpc) is 2.62. The van der Waals surface area contributed by atoms with Crippen LogP contribution in [0.15, 0.2) is 30.5 Å².